The number of halogens is 1. The molecule has 1 N–H and O–H groups in total. The summed E-state index contributed by atoms with van der Waals surface area (Å²) in [7, 11) is 0. The van der Waals surface area contributed by atoms with Crippen molar-refractivity contribution in [3.8, 4) is 0 Å². The number of nitrogens with one attached hydrogen (secondary N) is 1. The van der Waals surface area contributed by atoms with Gasteiger partial charge in [-0.2, -0.15) is 0 Å². The van der Waals surface area contributed by atoms with Gasteiger partial charge in [-0.15, -0.1) is 0 Å². The third-order valence-corrected chi connectivity index (χ3v) is 3.98. The highest BCUT2D eigenvalue weighted by atomic mass is 35.5. The second kappa shape index (κ2) is 6.26. The third kappa shape index (κ3) is 3.27. The summed E-state index contributed by atoms with van der Waals surface area (Å²) in [5.74, 6) is -0.313. The van der Waals surface area contributed by atoms with Gasteiger partial charge in [0.2, 0.25) is 5.91 Å². The van der Waals surface area contributed by atoms with Crippen LogP contribution in [0.5, 0.6) is 0 Å². The molecule has 0 saturated carbocycles. The molecule has 0 aromatic heterocycles. The zero-order valence-corrected chi connectivity index (χ0v) is 12.9. The molecule has 0 fully saturated rings. The van der Waals surface area contributed by atoms with Crippen LogP contribution in [-0.4, -0.2) is 23.9 Å². The number of rotatable bonds is 4. The van der Waals surface area contributed by atoms with Gasteiger partial charge in [0.15, 0.2) is 0 Å². The van der Waals surface area contributed by atoms with Crippen LogP contribution < -0.4 is 10.2 Å². The summed E-state index contributed by atoms with van der Waals surface area (Å²) in [5.41, 5.74) is 2.17. The molecule has 1 heterocycles. The number of carbonyl (C=O) groups is 1. The maximum atomic E-state index is 12.2. The van der Waals surface area contributed by atoms with E-state index in [2.05, 4.69) is 5.32 Å². The fourth-order valence-corrected chi connectivity index (χ4v) is 2.87. The number of hydrogen-bond acceptors (Lipinski definition) is 4. The topological polar surface area (TPSA) is 75.5 Å². The summed E-state index contributed by atoms with van der Waals surface area (Å²) in [5, 5.41) is 13.9. The zero-order chi connectivity index (χ0) is 16.4. The summed E-state index contributed by atoms with van der Waals surface area (Å²) in [4.78, 5) is 24.7. The Labute approximate surface area is 137 Å². The molecule has 0 atom stereocenters. The Morgan fingerprint density at radius 1 is 1.30 bits per heavy atom. The van der Waals surface area contributed by atoms with Crippen molar-refractivity contribution in [3.63, 3.8) is 0 Å². The van der Waals surface area contributed by atoms with E-state index in [4.69, 9.17) is 11.6 Å². The highest BCUT2D eigenvalue weighted by Gasteiger charge is 2.22. The molecule has 0 bridgehead atoms. The molecular formula is C16H14ClN3O3. The van der Waals surface area contributed by atoms with Crippen molar-refractivity contribution in [2.24, 2.45) is 0 Å². The van der Waals surface area contributed by atoms with Crippen LogP contribution in [0.1, 0.15) is 5.56 Å². The van der Waals surface area contributed by atoms with E-state index in [1.54, 1.807) is 0 Å². The summed E-state index contributed by atoms with van der Waals surface area (Å²) in [6, 6.07) is 12.0. The van der Waals surface area contributed by atoms with E-state index in [1.165, 1.54) is 23.8 Å². The van der Waals surface area contributed by atoms with Crippen LogP contribution in [0, 0.1) is 10.1 Å². The number of nitro benzene ring substituents is 1. The quantitative estimate of drug-likeness (QED) is 0.689. The molecule has 118 valence electrons. The predicted molar refractivity (Wildman–Crippen MR) is 89.1 cm³/mol. The second-order valence-electron chi connectivity index (χ2n) is 5.27. The van der Waals surface area contributed by atoms with Gasteiger partial charge in [-0.05, 0) is 30.2 Å². The Kier molecular flexibility index (Phi) is 4.16. The van der Waals surface area contributed by atoms with Gasteiger partial charge >= 0.3 is 0 Å². The van der Waals surface area contributed by atoms with E-state index in [0.717, 1.165) is 18.7 Å². The van der Waals surface area contributed by atoms with Crippen LogP contribution in [0.4, 0.5) is 17.1 Å². The van der Waals surface area contributed by atoms with Crippen LogP contribution in [0.25, 0.3) is 0 Å². The standard InChI is InChI=1S/C16H14ClN3O3/c17-12-5-6-15(20(22)23)13(9-12)18-16(21)10-19-8-7-11-3-1-2-4-14(11)19/h1-6,9H,7-8,10H2,(H,18,21). The van der Waals surface area contributed by atoms with E-state index in [1.807, 2.05) is 29.2 Å². The minimum Gasteiger partial charge on any atom is -0.362 e. The van der Waals surface area contributed by atoms with Crippen LogP contribution in [-0.2, 0) is 11.2 Å². The van der Waals surface area contributed by atoms with Gasteiger partial charge < -0.3 is 10.2 Å². The van der Waals surface area contributed by atoms with E-state index in [9.17, 15) is 14.9 Å². The first-order valence-electron chi connectivity index (χ1n) is 7.11. The van der Waals surface area contributed by atoms with Gasteiger partial charge in [-0.25, -0.2) is 0 Å². The molecule has 7 heteroatoms. The first-order chi connectivity index (χ1) is 11.0. The van der Waals surface area contributed by atoms with Crippen molar-refractivity contribution in [3.05, 3.63) is 63.2 Å². The molecule has 6 nitrogen and oxygen atoms in total. The van der Waals surface area contributed by atoms with Gasteiger partial charge in [-0.3, -0.25) is 14.9 Å². The number of benzene rings is 2. The predicted octanol–water partition coefficient (Wildman–Crippen LogP) is 3.25. The average Bonchev–Trinajstić information content (AvgIpc) is 2.90. The van der Waals surface area contributed by atoms with Gasteiger partial charge in [-0.1, -0.05) is 29.8 Å². The van der Waals surface area contributed by atoms with Crippen molar-refractivity contribution >= 4 is 34.6 Å². The minimum absolute atomic E-state index is 0.111. The number of amides is 1. The van der Waals surface area contributed by atoms with Crippen LogP contribution in [0.15, 0.2) is 42.5 Å². The summed E-state index contributed by atoms with van der Waals surface area (Å²) in [6.45, 7) is 0.894. The van der Waals surface area contributed by atoms with E-state index >= 15 is 0 Å². The smallest absolute Gasteiger partial charge is 0.292 e. The largest absolute Gasteiger partial charge is 0.362 e. The second-order valence-corrected chi connectivity index (χ2v) is 5.70. The molecule has 0 saturated heterocycles. The first-order valence-corrected chi connectivity index (χ1v) is 7.49. The molecule has 0 unspecified atom stereocenters. The van der Waals surface area contributed by atoms with Crippen LogP contribution in [0.2, 0.25) is 5.02 Å². The maximum Gasteiger partial charge on any atom is 0.292 e. The third-order valence-electron chi connectivity index (χ3n) is 3.75. The van der Waals surface area contributed by atoms with Gasteiger partial charge in [0.25, 0.3) is 5.69 Å². The Morgan fingerprint density at radius 3 is 2.87 bits per heavy atom. The number of anilines is 2. The number of fused-ring (bicyclic) bond motifs is 1. The summed E-state index contributed by atoms with van der Waals surface area (Å²) in [6.07, 6.45) is 0.890. The number of nitrogens with zero attached hydrogens (tertiary/aromatic N) is 2. The Bertz CT molecular complexity index is 779. The van der Waals surface area contributed by atoms with Crippen molar-refractivity contribution in [1.29, 1.82) is 0 Å². The van der Waals surface area contributed by atoms with Crippen molar-refractivity contribution in [1.82, 2.24) is 0 Å². The fourth-order valence-electron chi connectivity index (χ4n) is 2.70. The van der Waals surface area contributed by atoms with Crippen LogP contribution >= 0.6 is 11.6 Å². The molecule has 23 heavy (non-hydrogen) atoms. The molecule has 2 aromatic rings. The molecule has 2 aromatic carbocycles. The highest BCUT2D eigenvalue weighted by Crippen LogP contribution is 2.29. The first kappa shape index (κ1) is 15.3. The molecular weight excluding hydrogens is 318 g/mol. The van der Waals surface area contributed by atoms with Gasteiger partial charge in [0.1, 0.15) is 5.69 Å². The molecule has 1 aliphatic rings. The Morgan fingerprint density at radius 2 is 2.09 bits per heavy atom. The lowest BCUT2D eigenvalue weighted by Crippen LogP contribution is -2.32. The van der Waals surface area contributed by atoms with Crippen molar-refractivity contribution < 1.29 is 9.72 Å². The average molecular weight is 332 g/mol. The molecule has 0 radical (unpaired) electrons. The van der Waals surface area contributed by atoms with Crippen molar-refractivity contribution in [2.75, 3.05) is 23.3 Å². The molecule has 3 rings (SSSR count). The Balaban J connectivity index is 1.74. The normalized spacial score (nSPS) is 12.8. The van der Waals surface area contributed by atoms with E-state index in [-0.39, 0.29) is 23.8 Å². The summed E-state index contributed by atoms with van der Waals surface area (Å²) < 4.78 is 0. The van der Waals surface area contributed by atoms with Gasteiger partial charge in [0.05, 0.1) is 11.5 Å². The highest BCUT2D eigenvalue weighted by molar-refractivity contribution is 6.31. The monoisotopic (exact) mass is 331 g/mol. The molecule has 0 spiro atoms. The lowest BCUT2D eigenvalue weighted by atomic mass is 10.2. The lowest BCUT2D eigenvalue weighted by molar-refractivity contribution is -0.383. The molecule has 1 amide bonds. The number of hydrogen-bond donors (Lipinski definition) is 1. The van der Waals surface area contributed by atoms with Crippen LogP contribution in [0.3, 0.4) is 0 Å². The molecule has 0 aliphatic carbocycles. The lowest BCUT2D eigenvalue weighted by Gasteiger charge is -2.18. The molecule has 1 aliphatic heterocycles. The summed E-state index contributed by atoms with van der Waals surface area (Å²) >= 11 is 5.86. The number of nitro groups is 1. The van der Waals surface area contributed by atoms with E-state index in [0.29, 0.717) is 5.02 Å². The maximum absolute atomic E-state index is 12.2. The van der Waals surface area contributed by atoms with Crippen molar-refractivity contribution in [2.45, 2.75) is 6.42 Å². The fraction of sp³-hybridized carbons (Fsp3) is 0.188. The Hall–Kier alpha value is -2.60. The minimum atomic E-state index is -0.545. The SMILES string of the molecule is O=C(CN1CCc2ccccc21)Nc1cc(Cl)ccc1[N+](=O)[O-]. The van der Waals surface area contributed by atoms with Gasteiger partial charge in [0, 0.05) is 23.3 Å². The number of para-hydroxylation sites is 1. The van der Waals surface area contributed by atoms with E-state index < -0.39 is 4.92 Å². The zero-order valence-electron chi connectivity index (χ0n) is 12.2. The number of carbonyl (C=O) groups excluding carboxylic acids is 1.